The summed E-state index contributed by atoms with van der Waals surface area (Å²) in [6, 6.07) is 0. The van der Waals surface area contributed by atoms with Crippen molar-refractivity contribution in [2.45, 2.75) is 38.7 Å². The van der Waals surface area contributed by atoms with Crippen molar-refractivity contribution < 1.29 is 4.43 Å². The Hall–Kier alpha value is -0.0831. The highest BCUT2D eigenvalue weighted by molar-refractivity contribution is 5.98. The van der Waals surface area contributed by atoms with Gasteiger partial charge in [0.25, 0.3) is 0 Å². The first-order chi connectivity index (χ1) is 4.74. The first-order valence-corrected chi connectivity index (χ1v) is 4.72. The van der Waals surface area contributed by atoms with Crippen molar-refractivity contribution in [3.63, 3.8) is 0 Å². The monoisotopic (exact) mass is 158 g/mol. The van der Waals surface area contributed by atoms with Crippen molar-refractivity contribution in [3.8, 4) is 0 Å². The Labute approximate surface area is 67.0 Å². The Bertz CT molecular complexity index is 89.2. The van der Waals surface area contributed by atoms with E-state index in [9.17, 15) is 0 Å². The fourth-order valence-electron chi connectivity index (χ4n) is 1.17. The van der Waals surface area contributed by atoms with E-state index in [0.717, 1.165) is 29.7 Å². The summed E-state index contributed by atoms with van der Waals surface area (Å²) in [5.41, 5.74) is 0.119. The van der Waals surface area contributed by atoms with Gasteiger partial charge in [0.2, 0.25) is 0 Å². The van der Waals surface area contributed by atoms with Crippen molar-refractivity contribution in [2.24, 2.45) is 0 Å². The maximum atomic E-state index is 5.54. The molecule has 60 valence electrons. The van der Waals surface area contributed by atoms with Crippen LogP contribution in [0.4, 0.5) is 0 Å². The highest BCUT2D eigenvalue weighted by Gasteiger charge is 2.21. The summed E-state index contributed by atoms with van der Waals surface area (Å²) < 4.78 is 5.54. The summed E-state index contributed by atoms with van der Waals surface area (Å²) in [5.74, 6) is 0. The Morgan fingerprint density at radius 2 is 2.00 bits per heavy atom. The topological polar surface area (TPSA) is 9.23 Å². The molecule has 0 aliphatic carbocycles. The summed E-state index contributed by atoms with van der Waals surface area (Å²) in [4.78, 5) is 0. The second-order valence-corrected chi connectivity index (χ2v) is 3.00. The largest absolute Gasteiger partial charge is 0.422 e. The first kappa shape index (κ1) is 9.92. The zero-order valence-corrected chi connectivity index (χ0v) is 9.31. The molecule has 0 radical (unpaired) electrons. The van der Waals surface area contributed by atoms with E-state index in [-0.39, 0.29) is 5.60 Å². The van der Waals surface area contributed by atoms with Crippen LogP contribution in [0.5, 0.6) is 0 Å². The van der Waals surface area contributed by atoms with E-state index in [4.69, 9.17) is 4.43 Å². The van der Waals surface area contributed by atoms with Crippen LogP contribution in [0.25, 0.3) is 0 Å². The van der Waals surface area contributed by atoms with Gasteiger partial charge in [-0.05, 0) is 19.3 Å². The second-order valence-electron chi connectivity index (χ2n) is 2.59. The van der Waals surface area contributed by atoms with Gasteiger partial charge in [-0.25, -0.2) is 0 Å². The van der Waals surface area contributed by atoms with Crippen LogP contribution in [0.3, 0.4) is 0 Å². The summed E-state index contributed by atoms with van der Waals surface area (Å²) in [5, 5.41) is 0. The quantitative estimate of drug-likeness (QED) is 0.434. The zero-order valence-electron chi connectivity index (χ0n) is 7.31. The molecule has 10 heavy (non-hydrogen) atoms. The van der Waals surface area contributed by atoms with Gasteiger partial charge in [-0.3, -0.25) is 0 Å². The van der Waals surface area contributed by atoms with Crippen molar-refractivity contribution in [1.82, 2.24) is 0 Å². The van der Waals surface area contributed by atoms with Gasteiger partial charge in [0.1, 0.15) is 10.5 Å². The number of hydrogen-bond acceptors (Lipinski definition) is 1. The molecule has 0 aromatic rings. The van der Waals surface area contributed by atoms with Crippen LogP contribution in [-0.2, 0) is 4.43 Å². The maximum absolute atomic E-state index is 5.54. The minimum absolute atomic E-state index is 0.119. The molecule has 0 aliphatic rings. The van der Waals surface area contributed by atoms with Crippen LogP contribution < -0.4 is 0 Å². The molecule has 1 nitrogen and oxygen atoms in total. The molecule has 0 aliphatic heterocycles. The first-order valence-electron chi connectivity index (χ1n) is 3.90. The third kappa shape index (κ3) is 2.27. The van der Waals surface area contributed by atoms with Crippen molar-refractivity contribution in [2.75, 3.05) is 0 Å². The Balaban J connectivity index is 4.00. The highest BCUT2D eigenvalue weighted by Crippen LogP contribution is 2.23. The van der Waals surface area contributed by atoms with E-state index in [1.54, 1.807) is 0 Å². The lowest BCUT2D eigenvalue weighted by atomic mass is 9.94. The second kappa shape index (κ2) is 4.69. The van der Waals surface area contributed by atoms with E-state index in [0.29, 0.717) is 0 Å². The summed E-state index contributed by atoms with van der Waals surface area (Å²) in [7, 11) is 0.832. The average molecular weight is 158 g/mol. The molecule has 0 aromatic heterocycles. The molecule has 0 aromatic carbocycles. The van der Waals surface area contributed by atoms with Gasteiger partial charge in [-0.15, -0.1) is 6.58 Å². The molecule has 0 fully saturated rings. The van der Waals surface area contributed by atoms with Crippen LogP contribution in [0.2, 0.25) is 0 Å². The van der Waals surface area contributed by atoms with E-state index in [2.05, 4.69) is 20.4 Å². The predicted molar refractivity (Wildman–Crippen MR) is 49.2 cm³/mol. The summed E-state index contributed by atoms with van der Waals surface area (Å²) >= 11 is 0. The standard InChI is InChI=1S/C8H18OSi/c1-4-7-8(5-2,6-3)9-10/h4H,1,5-7H2,2-3,10H3. The molecule has 0 atom stereocenters. The van der Waals surface area contributed by atoms with E-state index < -0.39 is 0 Å². The molecule has 0 bridgehead atoms. The van der Waals surface area contributed by atoms with Crippen molar-refractivity contribution in [3.05, 3.63) is 12.7 Å². The van der Waals surface area contributed by atoms with E-state index >= 15 is 0 Å². The summed E-state index contributed by atoms with van der Waals surface area (Å²) in [6.45, 7) is 8.07. The minimum atomic E-state index is 0.119. The molecule has 0 unspecified atom stereocenters. The van der Waals surface area contributed by atoms with Gasteiger partial charge in [-0.1, -0.05) is 19.9 Å². The van der Waals surface area contributed by atoms with Gasteiger partial charge in [-0.2, -0.15) is 0 Å². The average Bonchev–Trinajstić information content (AvgIpc) is 2.01. The van der Waals surface area contributed by atoms with E-state index in [1.807, 2.05) is 6.08 Å². The lowest BCUT2D eigenvalue weighted by Gasteiger charge is -2.29. The van der Waals surface area contributed by atoms with Gasteiger partial charge in [0, 0.05) is 0 Å². The van der Waals surface area contributed by atoms with Gasteiger partial charge in [0.15, 0.2) is 0 Å². The predicted octanol–water partition coefficient (Wildman–Crippen LogP) is 1.42. The van der Waals surface area contributed by atoms with Crippen molar-refractivity contribution in [1.29, 1.82) is 0 Å². The summed E-state index contributed by atoms with van der Waals surface area (Å²) in [6.07, 6.45) is 5.13. The Morgan fingerprint density at radius 1 is 1.50 bits per heavy atom. The normalized spacial score (nSPS) is 11.8. The van der Waals surface area contributed by atoms with Crippen LogP contribution in [0, 0.1) is 0 Å². The van der Waals surface area contributed by atoms with E-state index in [1.165, 1.54) is 0 Å². The number of hydrogen-bond donors (Lipinski definition) is 0. The Morgan fingerprint density at radius 3 is 2.10 bits per heavy atom. The lowest BCUT2D eigenvalue weighted by molar-refractivity contribution is 0.0744. The van der Waals surface area contributed by atoms with Crippen LogP contribution in [-0.4, -0.2) is 16.1 Å². The molecular weight excluding hydrogens is 140 g/mol. The molecule has 0 heterocycles. The highest BCUT2D eigenvalue weighted by atomic mass is 28.2. The van der Waals surface area contributed by atoms with Crippen LogP contribution in [0.15, 0.2) is 12.7 Å². The SMILES string of the molecule is C=CCC(CC)(CC)O[SiH3]. The number of rotatable bonds is 5. The maximum Gasteiger partial charge on any atom is 0.146 e. The minimum Gasteiger partial charge on any atom is -0.422 e. The van der Waals surface area contributed by atoms with Crippen molar-refractivity contribution >= 4 is 10.5 Å². The van der Waals surface area contributed by atoms with Gasteiger partial charge >= 0.3 is 0 Å². The molecule has 0 amide bonds. The lowest BCUT2D eigenvalue weighted by Crippen LogP contribution is -2.29. The fraction of sp³-hybridized carbons (Fsp3) is 0.750. The smallest absolute Gasteiger partial charge is 0.146 e. The van der Waals surface area contributed by atoms with Crippen LogP contribution >= 0.6 is 0 Å². The third-order valence-electron chi connectivity index (χ3n) is 2.24. The molecule has 0 saturated heterocycles. The molecule has 0 N–H and O–H groups in total. The zero-order chi connectivity index (χ0) is 8.04. The molecule has 2 heteroatoms. The van der Waals surface area contributed by atoms with Gasteiger partial charge < -0.3 is 4.43 Å². The van der Waals surface area contributed by atoms with Gasteiger partial charge in [0.05, 0.1) is 5.60 Å². The Kier molecular flexibility index (Phi) is 4.65. The van der Waals surface area contributed by atoms with Crippen LogP contribution in [0.1, 0.15) is 33.1 Å². The molecular formula is C8H18OSi. The molecule has 0 rings (SSSR count). The third-order valence-corrected chi connectivity index (χ3v) is 3.10. The molecule has 0 spiro atoms. The fourth-order valence-corrected chi connectivity index (χ4v) is 1.92. The molecule has 0 saturated carbocycles.